The fourth-order valence-electron chi connectivity index (χ4n) is 2.29. The molecule has 1 heterocycles. The fourth-order valence-corrected chi connectivity index (χ4v) is 4.19. The lowest BCUT2D eigenvalue weighted by Crippen LogP contribution is -2.35. The summed E-state index contributed by atoms with van der Waals surface area (Å²) in [6.45, 7) is 3.68. The third-order valence-corrected chi connectivity index (χ3v) is 5.25. The number of anilines is 1. The highest BCUT2D eigenvalue weighted by Gasteiger charge is 2.21. The van der Waals surface area contributed by atoms with Gasteiger partial charge in [0.2, 0.25) is 10.0 Å². The van der Waals surface area contributed by atoms with Crippen LogP contribution in [0.4, 0.5) is 5.69 Å². The summed E-state index contributed by atoms with van der Waals surface area (Å²) in [6.07, 6.45) is 2.03. The van der Waals surface area contributed by atoms with Crippen molar-refractivity contribution in [3.05, 3.63) is 28.2 Å². The molecule has 2 rings (SSSR count). The Bertz CT molecular complexity index is 540. The van der Waals surface area contributed by atoms with Crippen LogP contribution in [0.1, 0.15) is 18.4 Å². The van der Waals surface area contributed by atoms with Crippen LogP contribution in [-0.4, -0.2) is 27.3 Å². The molecule has 0 aromatic heterocycles. The second-order valence-electron chi connectivity index (χ2n) is 5.06. The molecular weight excluding hydrogens is 328 g/mol. The van der Waals surface area contributed by atoms with Gasteiger partial charge in [0, 0.05) is 4.47 Å². The molecule has 1 aliphatic heterocycles. The number of benzene rings is 1. The number of piperidine rings is 1. The molecule has 1 saturated heterocycles. The highest BCUT2D eigenvalue weighted by molar-refractivity contribution is 9.10. The molecule has 1 aromatic carbocycles. The molecule has 0 bridgehead atoms. The molecule has 19 heavy (non-hydrogen) atoms. The van der Waals surface area contributed by atoms with E-state index in [-0.39, 0.29) is 11.7 Å². The summed E-state index contributed by atoms with van der Waals surface area (Å²) in [6, 6.07) is 5.59. The predicted octanol–water partition coefficient (Wildman–Crippen LogP) is 2.50. The molecule has 0 amide bonds. The topological polar surface area (TPSA) is 58.2 Å². The van der Waals surface area contributed by atoms with Crippen LogP contribution < -0.4 is 10.0 Å². The number of sulfonamides is 1. The van der Waals surface area contributed by atoms with Crippen molar-refractivity contribution in [2.45, 2.75) is 19.8 Å². The van der Waals surface area contributed by atoms with Crippen molar-refractivity contribution >= 4 is 31.6 Å². The first-order chi connectivity index (χ1) is 8.96. The highest BCUT2D eigenvalue weighted by atomic mass is 79.9. The Labute approximate surface area is 123 Å². The van der Waals surface area contributed by atoms with E-state index in [9.17, 15) is 8.42 Å². The molecule has 0 radical (unpaired) electrons. The second-order valence-corrected chi connectivity index (χ2v) is 7.74. The summed E-state index contributed by atoms with van der Waals surface area (Å²) in [5.74, 6) is 0.394. The van der Waals surface area contributed by atoms with Gasteiger partial charge in [-0.2, -0.15) is 0 Å². The maximum Gasteiger partial charge on any atom is 0.233 e. The van der Waals surface area contributed by atoms with Crippen molar-refractivity contribution < 1.29 is 8.42 Å². The Morgan fingerprint density at radius 3 is 2.95 bits per heavy atom. The summed E-state index contributed by atoms with van der Waals surface area (Å²) >= 11 is 3.36. The molecule has 1 aliphatic rings. The van der Waals surface area contributed by atoms with Crippen LogP contribution in [0.3, 0.4) is 0 Å². The van der Waals surface area contributed by atoms with Crippen LogP contribution in [0, 0.1) is 12.8 Å². The monoisotopic (exact) mass is 346 g/mol. The van der Waals surface area contributed by atoms with Gasteiger partial charge < -0.3 is 5.32 Å². The Hall–Kier alpha value is -0.590. The lowest BCUT2D eigenvalue weighted by molar-refractivity contribution is 0.404. The minimum Gasteiger partial charge on any atom is -0.316 e. The van der Waals surface area contributed by atoms with Crippen LogP contribution in [0.15, 0.2) is 22.7 Å². The van der Waals surface area contributed by atoms with Gasteiger partial charge in [-0.1, -0.05) is 22.0 Å². The van der Waals surface area contributed by atoms with Crippen LogP contribution in [0.2, 0.25) is 0 Å². The minimum atomic E-state index is -3.28. The van der Waals surface area contributed by atoms with E-state index in [1.165, 1.54) is 0 Å². The summed E-state index contributed by atoms with van der Waals surface area (Å²) in [7, 11) is -3.28. The van der Waals surface area contributed by atoms with E-state index >= 15 is 0 Å². The standard InChI is InChI=1S/C13H19BrN2O2S/c1-10-4-5-12(14)7-13(10)16-19(17,18)9-11-3-2-6-15-8-11/h4-5,7,11,15-16H,2-3,6,8-9H2,1H3. The van der Waals surface area contributed by atoms with E-state index in [0.29, 0.717) is 5.69 Å². The van der Waals surface area contributed by atoms with Gasteiger partial charge in [0.1, 0.15) is 0 Å². The smallest absolute Gasteiger partial charge is 0.233 e. The summed E-state index contributed by atoms with van der Waals surface area (Å²) in [5.41, 5.74) is 1.58. The van der Waals surface area contributed by atoms with Crippen molar-refractivity contribution in [1.29, 1.82) is 0 Å². The largest absolute Gasteiger partial charge is 0.316 e. The average molecular weight is 347 g/mol. The van der Waals surface area contributed by atoms with Crippen molar-refractivity contribution in [2.75, 3.05) is 23.6 Å². The van der Waals surface area contributed by atoms with Crippen molar-refractivity contribution in [1.82, 2.24) is 5.32 Å². The van der Waals surface area contributed by atoms with Crippen molar-refractivity contribution in [3.8, 4) is 0 Å². The minimum absolute atomic E-state index is 0.186. The predicted molar refractivity (Wildman–Crippen MR) is 81.9 cm³/mol. The van der Waals surface area contributed by atoms with Gasteiger partial charge in [-0.15, -0.1) is 0 Å². The molecular formula is C13H19BrN2O2S. The van der Waals surface area contributed by atoms with Gasteiger partial charge in [0.15, 0.2) is 0 Å². The van der Waals surface area contributed by atoms with Crippen molar-refractivity contribution in [2.24, 2.45) is 5.92 Å². The molecule has 4 nitrogen and oxygen atoms in total. The third kappa shape index (κ3) is 4.47. The average Bonchev–Trinajstić information content (AvgIpc) is 2.34. The molecule has 1 unspecified atom stereocenters. The van der Waals surface area contributed by atoms with Crippen LogP contribution in [0.25, 0.3) is 0 Å². The van der Waals surface area contributed by atoms with Crippen LogP contribution in [0.5, 0.6) is 0 Å². The van der Waals surface area contributed by atoms with Crippen molar-refractivity contribution in [3.63, 3.8) is 0 Å². The zero-order chi connectivity index (χ0) is 13.9. The van der Waals surface area contributed by atoms with E-state index in [0.717, 1.165) is 36.0 Å². The van der Waals surface area contributed by atoms with Gasteiger partial charge in [-0.25, -0.2) is 8.42 Å². The summed E-state index contributed by atoms with van der Waals surface area (Å²) < 4.78 is 27.9. The van der Waals surface area contributed by atoms with E-state index in [1.54, 1.807) is 6.07 Å². The van der Waals surface area contributed by atoms with E-state index < -0.39 is 10.0 Å². The van der Waals surface area contributed by atoms with E-state index in [4.69, 9.17) is 0 Å². The first-order valence-electron chi connectivity index (χ1n) is 6.44. The van der Waals surface area contributed by atoms with E-state index in [1.807, 2.05) is 19.1 Å². The number of hydrogen-bond donors (Lipinski definition) is 2. The number of hydrogen-bond acceptors (Lipinski definition) is 3. The normalized spacial score (nSPS) is 20.2. The summed E-state index contributed by atoms with van der Waals surface area (Å²) in [5, 5.41) is 3.24. The Kier molecular flexibility index (Phi) is 4.86. The molecule has 2 N–H and O–H groups in total. The molecule has 0 spiro atoms. The lowest BCUT2D eigenvalue weighted by Gasteiger charge is -2.23. The van der Waals surface area contributed by atoms with Gasteiger partial charge >= 0.3 is 0 Å². The Balaban J connectivity index is 2.05. The van der Waals surface area contributed by atoms with Gasteiger partial charge in [0.25, 0.3) is 0 Å². The zero-order valence-corrected chi connectivity index (χ0v) is 13.4. The quantitative estimate of drug-likeness (QED) is 0.880. The zero-order valence-electron chi connectivity index (χ0n) is 10.9. The number of nitrogens with one attached hydrogen (secondary N) is 2. The Morgan fingerprint density at radius 1 is 1.47 bits per heavy atom. The van der Waals surface area contributed by atoms with Gasteiger partial charge in [-0.3, -0.25) is 4.72 Å². The highest BCUT2D eigenvalue weighted by Crippen LogP contribution is 2.22. The molecule has 1 atom stereocenters. The molecule has 0 saturated carbocycles. The van der Waals surface area contributed by atoms with Gasteiger partial charge in [-0.05, 0) is 56.5 Å². The molecule has 6 heteroatoms. The summed E-state index contributed by atoms with van der Waals surface area (Å²) in [4.78, 5) is 0. The Morgan fingerprint density at radius 2 is 2.26 bits per heavy atom. The third-order valence-electron chi connectivity index (χ3n) is 3.32. The first kappa shape index (κ1) is 14.8. The molecule has 1 fully saturated rings. The number of aryl methyl sites for hydroxylation is 1. The lowest BCUT2D eigenvalue weighted by atomic mass is 10.0. The number of rotatable bonds is 4. The second kappa shape index (κ2) is 6.24. The first-order valence-corrected chi connectivity index (χ1v) is 8.88. The fraction of sp³-hybridized carbons (Fsp3) is 0.538. The number of halogens is 1. The molecule has 106 valence electrons. The maximum atomic E-state index is 12.2. The maximum absolute atomic E-state index is 12.2. The van der Waals surface area contributed by atoms with Crippen LogP contribution in [-0.2, 0) is 10.0 Å². The molecule has 0 aliphatic carbocycles. The molecule has 1 aromatic rings. The van der Waals surface area contributed by atoms with Crippen LogP contribution >= 0.6 is 15.9 Å². The SMILES string of the molecule is Cc1ccc(Br)cc1NS(=O)(=O)CC1CCCNC1. The van der Waals surface area contributed by atoms with Gasteiger partial charge in [0.05, 0.1) is 11.4 Å². The van der Waals surface area contributed by atoms with E-state index in [2.05, 4.69) is 26.0 Å².